The SMILES string of the molecule is CCc1cccc(C)c1Nc1nc(C(=O)O)co1. The van der Waals surface area contributed by atoms with Crippen LogP contribution in [0, 0.1) is 6.92 Å². The van der Waals surface area contributed by atoms with Crippen molar-refractivity contribution in [2.24, 2.45) is 0 Å². The predicted octanol–water partition coefficient (Wildman–Crippen LogP) is 2.99. The summed E-state index contributed by atoms with van der Waals surface area (Å²) in [4.78, 5) is 14.6. The molecule has 0 aliphatic heterocycles. The average molecular weight is 246 g/mol. The van der Waals surface area contributed by atoms with Crippen molar-refractivity contribution < 1.29 is 14.3 Å². The number of benzene rings is 1. The summed E-state index contributed by atoms with van der Waals surface area (Å²) in [5.41, 5.74) is 3.00. The van der Waals surface area contributed by atoms with Gasteiger partial charge in [0.05, 0.1) is 0 Å². The van der Waals surface area contributed by atoms with Gasteiger partial charge in [0.2, 0.25) is 0 Å². The smallest absolute Gasteiger partial charge is 0.357 e. The van der Waals surface area contributed by atoms with Gasteiger partial charge in [-0.1, -0.05) is 25.1 Å². The van der Waals surface area contributed by atoms with Gasteiger partial charge in [-0.3, -0.25) is 0 Å². The van der Waals surface area contributed by atoms with E-state index in [9.17, 15) is 4.79 Å². The Kier molecular flexibility index (Phi) is 3.32. The molecule has 18 heavy (non-hydrogen) atoms. The van der Waals surface area contributed by atoms with E-state index in [0.717, 1.165) is 29.5 Å². The Balaban J connectivity index is 2.30. The van der Waals surface area contributed by atoms with Crippen molar-refractivity contribution in [2.45, 2.75) is 20.3 Å². The van der Waals surface area contributed by atoms with Crippen molar-refractivity contribution in [3.63, 3.8) is 0 Å². The van der Waals surface area contributed by atoms with Crippen LogP contribution in [-0.4, -0.2) is 16.1 Å². The van der Waals surface area contributed by atoms with Crippen LogP contribution < -0.4 is 5.32 Å². The summed E-state index contributed by atoms with van der Waals surface area (Å²) in [6.45, 7) is 4.03. The molecule has 0 bridgehead atoms. The van der Waals surface area contributed by atoms with Crippen LogP contribution in [0.1, 0.15) is 28.5 Å². The van der Waals surface area contributed by atoms with E-state index in [2.05, 4.69) is 17.2 Å². The van der Waals surface area contributed by atoms with Gasteiger partial charge in [-0.05, 0) is 24.5 Å². The molecule has 0 aliphatic carbocycles. The van der Waals surface area contributed by atoms with E-state index >= 15 is 0 Å². The lowest BCUT2D eigenvalue weighted by molar-refractivity contribution is 0.0690. The van der Waals surface area contributed by atoms with Crippen LogP contribution in [0.3, 0.4) is 0 Å². The van der Waals surface area contributed by atoms with E-state index in [1.54, 1.807) is 0 Å². The van der Waals surface area contributed by atoms with E-state index in [1.807, 2.05) is 25.1 Å². The fourth-order valence-electron chi connectivity index (χ4n) is 1.74. The highest BCUT2D eigenvalue weighted by Crippen LogP contribution is 2.24. The van der Waals surface area contributed by atoms with Crippen LogP contribution in [0.25, 0.3) is 0 Å². The van der Waals surface area contributed by atoms with E-state index < -0.39 is 5.97 Å². The van der Waals surface area contributed by atoms with E-state index in [4.69, 9.17) is 9.52 Å². The molecule has 1 aromatic carbocycles. The fraction of sp³-hybridized carbons (Fsp3) is 0.231. The maximum atomic E-state index is 10.7. The van der Waals surface area contributed by atoms with Crippen molar-refractivity contribution >= 4 is 17.7 Å². The minimum absolute atomic E-state index is 0.107. The zero-order valence-electron chi connectivity index (χ0n) is 10.2. The monoisotopic (exact) mass is 246 g/mol. The Morgan fingerprint density at radius 2 is 2.28 bits per heavy atom. The number of aryl methyl sites for hydroxylation is 2. The number of oxazole rings is 1. The molecule has 0 saturated heterocycles. The van der Waals surface area contributed by atoms with Gasteiger partial charge in [0, 0.05) is 5.69 Å². The summed E-state index contributed by atoms with van der Waals surface area (Å²) in [5, 5.41) is 11.8. The molecule has 0 spiro atoms. The largest absolute Gasteiger partial charge is 0.476 e. The lowest BCUT2D eigenvalue weighted by Crippen LogP contribution is -2.00. The van der Waals surface area contributed by atoms with Crippen molar-refractivity contribution in [1.82, 2.24) is 4.98 Å². The summed E-state index contributed by atoms with van der Waals surface area (Å²) in [5.74, 6) is -1.10. The molecule has 0 atom stereocenters. The van der Waals surface area contributed by atoms with Gasteiger partial charge in [-0.25, -0.2) is 4.79 Å². The first kappa shape index (κ1) is 12.2. The zero-order chi connectivity index (χ0) is 13.1. The van der Waals surface area contributed by atoms with Crippen LogP contribution in [0.5, 0.6) is 0 Å². The van der Waals surface area contributed by atoms with Gasteiger partial charge in [-0.15, -0.1) is 0 Å². The quantitative estimate of drug-likeness (QED) is 0.867. The Morgan fingerprint density at radius 1 is 1.50 bits per heavy atom. The molecule has 2 N–H and O–H groups in total. The molecule has 2 aromatic rings. The average Bonchev–Trinajstić information content (AvgIpc) is 2.80. The highest BCUT2D eigenvalue weighted by Gasteiger charge is 2.12. The van der Waals surface area contributed by atoms with Crippen LogP contribution in [-0.2, 0) is 6.42 Å². The van der Waals surface area contributed by atoms with E-state index in [1.165, 1.54) is 0 Å². The Bertz CT molecular complexity index is 575. The minimum atomic E-state index is -1.10. The summed E-state index contributed by atoms with van der Waals surface area (Å²) >= 11 is 0. The highest BCUT2D eigenvalue weighted by molar-refractivity contribution is 5.85. The van der Waals surface area contributed by atoms with Crippen molar-refractivity contribution in [3.8, 4) is 0 Å². The van der Waals surface area contributed by atoms with Gasteiger partial charge >= 0.3 is 5.97 Å². The molecule has 1 heterocycles. The Morgan fingerprint density at radius 3 is 2.89 bits per heavy atom. The van der Waals surface area contributed by atoms with Crippen molar-refractivity contribution in [1.29, 1.82) is 0 Å². The molecule has 2 rings (SSSR count). The Labute approximate surface area is 104 Å². The second-order valence-corrected chi connectivity index (χ2v) is 3.93. The minimum Gasteiger partial charge on any atom is -0.476 e. The normalized spacial score (nSPS) is 10.3. The number of rotatable bonds is 4. The molecule has 5 heteroatoms. The number of aromatic nitrogens is 1. The standard InChI is InChI=1S/C13H14N2O3/c1-3-9-6-4-5-8(2)11(9)15-13-14-10(7-18-13)12(16)17/h4-7H,3H2,1-2H3,(H,14,15)(H,16,17). The van der Waals surface area contributed by atoms with Gasteiger partial charge < -0.3 is 14.8 Å². The third-order valence-corrected chi connectivity index (χ3v) is 2.70. The van der Waals surface area contributed by atoms with Crippen molar-refractivity contribution in [3.05, 3.63) is 41.3 Å². The molecule has 0 saturated carbocycles. The van der Waals surface area contributed by atoms with Crippen LogP contribution in [0.2, 0.25) is 0 Å². The summed E-state index contributed by atoms with van der Waals surface area (Å²) in [7, 11) is 0. The van der Waals surface area contributed by atoms with E-state index in [-0.39, 0.29) is 11.7 Å². The van der Waals surface area contributed by atoms with E-state index in [0.29, 0.717) is 0 Å². The molecule has 94 valence electrons. The fourth-order valence-corrected chi connectivity index (χ4v) is 1.74. The first-order valence-corrected chi connectivity index (χ1v) is 5.66. The number of aromatic carboxylic acids is 1. The number of nitrogens with one attached hydrogen (secondary N) is 1. The molecular formula is C13H14N2O3. The number of nitrogens with zero attached hydrogens (tertiary/aromatic N) is 1. The number of para-hydroxylation sites is 1. The second kappa shape index (κ2) is 4.91. The number of carboxylic acid groups (broad SMARTS) is 1. The first-order valence-electron chi connectivity index (χ1n) is 5.66. The molecule has 5 nitrogen and oxygen atoms in total. The molecular weight excluding hydrogens is 232 g/mol. The lowest BCUT2D eigenvalue weighted by Gasteiger charge is -2.10. The Hall–Kier alpha value is -2.30. The summed E-state index contributed by atoms with van der Waals surface area (Å²) < 4.78 is 5.08. The summed E-state index contributed by atoms with van der Waals surface area (Å²) in [6.07, 6.45) is 1.99. The number of hydrogen-bond donors (Lipinski definition) is 2. The summed E-state index contributed by atoms with van der Waals surface area (Å²) in [6, 6.07) is 6.16. The second-order valence-electron chi connectivity index (χ2n) is 3.93. The van der Waals surface area contributed by atoms with Crippen molar-refractivity contribution in [2.75, 3.05) is 5.32 Å². The van der Waals surface area contributed by atoms with Gasteiger partial charge in [-0.2, -0.15) is 4.98 Å². The third kappa shape index (κ3) is 2.34. The number of hydrogen-bond acceptors (Lipinski definition) is 4. The first-order chi connectivity index (χ1) is 8.61. The predicted molar refractivity (Wildman–Crippen MR) is 67.3 cm³/mol. The maximum Gasteiger partial charge on any atom is 0.357 e. The molecule has 0 unspecified atom stereocenters. The van der Waals surface area contributed by atoms with Gasteiger partial charge in [0.15, 0.2) is 5.69 Å². The number of anilines is 2. The van der Waals surface area contributed by atoms with Crippen LogP contribution in [0.15, 0.2) is 28.9 Å². The number of carbonyl (C=O) groups is 1. The lowest BCUT2D eigenvalue weighted by atomic mass is 10.1. The molecule has 0 amide bonds. The molecule has 0 aliphatic rings. The van der Waals surface area contributed by atoms with Crippen LogP contribution in [0.4, 0.5) is 11.7 Å². The highest BCUT2D eigenvalue weighted by atomic mass is 16.4. The molecule has 0 fully saturated rings. The zero-order valence-corrected chi connectivity index (χ0v) is 10.2. The van der Waals surface area contributed by atoms with Gasteiger partial charge in [0.1, 0.15) is 6.26 Å². The third-order valence-electron chi connectivity index (χ3n) is 2.70. The topological polar surface area (TPSA) is 75.4 Å². The maximum absolute atomic E-state index is 10.7. The molecule has 1 aromatic heterocycles. The van der Waals surface area contributed by atoms with Gasteiger partial charge in [0.25, 0.3) is 6.01 Å². The molecule has 0 radical (unpaired) electrons. The van der Waals surface area contributed by atoms with Crippen LogP contribution >= 0.6 is 0 Å². The number of carboxylic acids is 1.